The lowest BCUT2D eigenvalue weighted by molar-refractivity contribution is 0.217. The molecule has 3 nitrogen and oxygen atoms in total. The van der Waals surface area contributed by atoms with Crippen molar-refractivity contribution in [1.82, 2.24) is 9.59 Å². The lowest BCUT2D eigenvalue weighted by atomic mass is 10.1. The molecule has 1 N–H and O–H groups in total. The molecule has 6 heteroatoms. The van der Waals surface area contributed by atoms with Gasteiger partial charge in [-0.2, -0.15) is 0 Å². The zero-order valence-electron chi connectivity index (χ0n) is 8.32. The molecule has 1 heterocycles. The molecule has 0 saturated carbocycles. The van der Waals surface area contributed by atoms with Crippen LogP contribution < -0.4 is 0 Å². The van der Waals surface area contributed by atoms with Gasteiger partial charge < -0.3 is 5.11 Å². The van der Waals surface area contributed by atoms with Gasteiger partial charge in [-0.05, 0) is 36.7 Å². The van der Waals surface area contributed by atoms with Crippen LogP contribution in [0.25, 0.3) is 0 Å². The van der Waals surface area contributed by atoms with Crippen molar-refractivity contribution < 1.29 is 13.9 Å². The molecule has 2 aromatic rings. The molecule has 0 radical (unpaired) electrons. The number of benzene rings is 1. The van der Waals surface area contributed by atoms with Crippen LogP contribution in [0.4, 0.5) is 8.78 Å². The fourth-order valence-corrected chi connectivity index (χ4v) is 2.01. The Balaban J connectivity index is 2.45. The second-order valence-electron chi connectivity index (χ2n) is 3.29. The van der Waals surface area contributed by atoms with Gasteiger partial charge in [0.25, 0.3) is 0 Å². The highest BCUT2D eigenvalue weighted by molar-refractivity contribution is 7.05. The molecule has 1 unspecified atom stereocenters. The molecule has 2 rings (SSSR count). The molecule has 1 aromatic heterocycles. The van der Waals surface area contributed by atoms with Gasteiger partial charge in [0.05, 0.1) is 10.6 Å². The molecule has 0 amide bonds. The van der Waals surface area contributed by atoms with E-state index in [2.05, 4.69) is 9.59 Å². The van der Waals surface area contributed by atoms with Gasteiger partial charge in [0.1, 0.15) is 17.7 Å². The minimum Gasteiger partial charge on any atom is -0.383 e. The number of hydrogen-bond donors (Lipinski definition) is 1. The van der Waals surface area contributed by atoms with Gasteiger partial charge in [-0.25, -0.2) is 8.78 Å². The minimum atomic E-state index is -1.23. The Labute approximate surface area is 94.5 Å². The van der Waals surface area contributed by atoms with Gasteiger partial charge in [0.15, 0.2) is 0 Å². The lowest BCUT2D eigenvalue weighted by Crippen LogP contribution is -2.03. The Morgan fingerprint density at radius 2 is 2.12 bits per heavy atom. The van der Waals surface area contributed by atoms with Crippen molar-refractivity contribution in [3.8, 4) is 0 Å². The normalized spacial score (nSPS) is 12.8. The summed E-state index contributed by atoms with van der Waals surface area (Å²) >= 11 is 0.967. The minimum absolute atomic E-state index is 0.103. The summed E-state index contributed by atoms with van der Waals surface area (Å²) in [6.45, 7) is 1.65. The Bertz CT molecular complexity index is 515. The zero-order valence-corrected chi connectivity index (χ0v) is 9.13. The molecule has 0 bridgehead atoms. The Morgan fingerprint density at radius 1 is 1.38 bits per heavy atom. The smallest absolute Gasteiger partial charge is 0.129 e. The number of rotatable bonds is 2. The Hall–Kier alpha value is -1.40. The molecule has 0 aliphatic carbocycles. The van der Waals surface area contributed by atoms with Gasteiger partial charge in [0, 0.05) is 5.56 Å². The van der Waals surface area contributed by atoms with E-state index in [1.807, 2.05) is 0 Å². The SMILES string of the molecule is Cc1nnsc1C(O)c1cc(F)ccc1F. The molecule has 1 atom stereocenters. The highest BCUT2D eigenvalue weighted by Gasteiger charge is 2.20. The van der Waals surface area contributed by atoms with Crippen molar-refractivity contribution in [2.45, 2.75) is 13.0 Å². The summed E-state index contributed by atoms with van der Waals surface area (Å²) < 4.78 is 30.0. The highest BCUT2D eigenvalue weighted by atomic mass is 32.1. The van der Waals surface area contributed by atoms with Crippen LogP contribution in [0.2, 0.25) is 0 Å². The molecule has 16 heavy (non-hydrogen) atoms. The van der Waals surface area contributed by atoms with E-state index in [1.54, 1.807) is 6.92 Å². The summed E-state index contributed by atoms with van der Waals surface area (Å²) in [7, 11) is 0. The molecule has 0 fully saturated rings. The third kappa shape index (κ3) is 1.94. The third-order valence-electron chi connectivity index (χ3n) is 2.19. The monoisotopic (exact) mass is 242 g/mol. The molecule has 0 aliphatic rings. The maximum atomic E-state index is 13.4. The second kappa shape index (κ2) is 4.23. The van der Waals surface area contributed by atoms with Crippen LogP contribution in [0.15, 0.2) is 18.2 Å². The van der Waals surface area contributed by atoms with Crippen LogP contribution >= 0.6 is 11.5 Å². The quantitative estimate of drug-likeness (QED) is 0.878. The molecule has 0 saturated heterocycles. The van der Waals surface area contributed by atoms with Crippen molar-refractivity contribution in [1.29, 1.82) is 0 Å². The zero-order chi connectivity index (χ0) is 11.7. The predicted octanol–water partition coefficient (Wildman–Crippen LogP) is 2.21. The van der Waals surface area contributed by atoms with E-state index in [0.717, 1.165) is 29.7 Å². The van der Waals surface area contributed by atoms with Gasteiger partial charge in [0.2, 0.25) is 0 Å². The molecule has 0 aliphatic heterocycles. The fraction of sp³-hybridized carbons (Fsp3) is 0.200. The van der Waals surface area contributed by atoms with E-state index in [0.29, 0.717) is 10.6 Å². The Kier molecular flexibility index (Phi) is 2.93. The highest BCUT2D eigenvalue weighted by Crippen LogP contribution is 2.28. The number of nitrogens with zero attached hydrogens (tertiary/aromatic N) is 2. The summed E-state index contributed by atoms with van der Waals surface area (Å²) in [5, 5.41) is 13.6. The number of hydrogen-bond acceptors (Lipinski definition) is 4. The van der Waals surface area contributed by atoms with E-state index < -0.39 is 17.7 Å². The molecule has 1 aromatic carbocycles. The first-order chi connectivity index (χ1) is 7.59. The van der Waals surface area contributed by atoms with E-state index in [1.165, 1.54) is 0 Å². The number of aryl methyl sites for hydroxylation is 1. The standard InChI is InChI=1S/C10H8F2N2OS/c1-5-10(16-14-13-5)9(15)7-4-6(11)2-3-8(7)12/h2-4,9,15H,1H3. The van der Waals surface area contributed by atoms with Gasteiger partial charge >= 0.3 is 0 Å². The van der Waals surface area contributed by atoms with E-state index in [-0.39, 0.29) is 5.56 Å². The molecular formula is C10H8F2N2OS. The molecule has 0 spiro atoms. The van der Waals surface area contributed by atoms with Gasteiger partial charge in [-0.3, -0.25) is 0 Å². The van der Waals surface area contributed by atoms with E-state index >= 15 is 0 Å². The number of aliphatic hydroxyl groups excluding tert-OH is 1. The molecular weight excluding hydrogens is 234 g/mol. The van der Waals surface area contributed by atoms with Crippen LogP contribution in [0.5, 0.6) is 0 Å². The van der Waals surface area contributed by atoms with Gasteiger partial charge in [-0.1, -0.05) is 4.49 Å². The van der Waals surface area contributed by atoms with Crippen LogP contribution in [0.1, 0.15) is 22.2 Å². The first kappa shape index (κ1) is 11.1. The Morgan fingerprint density at radius 3 is 2.75 bits per heavy atom. The first-order valence-electron chi connectivity index (χ1n) is 4.51. The van der Waals surface area contributed by atoms with Crippen molar-refractivity contribution in [2.24, 2.45) is 0 Å². The third-order valence-corrected chi connectivity index (χ3v) is 3.07. The summed E-state index contributed by atoms with van der Waals surface area (Å²) in [5.74, 6) is -1.24. The summed E-state index contributed by atoms with van der Waals surface area (Å²) in [5.41, 5.74) is 0.412. The lowest BCUT2D eigenvalue weighted by Gasteiger charge is -2.10. The summed E-state index contributed by atoms with van der Waals surface area (Å²) in [6, 6.07) is 2.96. The van der Waals surface area contributed by atoms with Gasteiger partial charge in [-0.15, -0.1) is 5.10 Å². The van der Waals surface area contributed by atoms with Crippen molar-refractivity contribution in [2.75, 3.05) is 0 Å². The van der Waals surface area contributed by atoms with E-state index in [9.17, 15) is 13.9 Å². The van der Waals surface area contributed by atoms with Crippen LogP contribution in [-0.2, 0) is 0 Å². The van der Waals surface area contributed by atoms with Crippen molar-refractivity contribution >= 4 is 11.5 Å². The van der Waals surface area contributed by atoms with Crippen molar-refractivity contribution in [3.05, 3.63) is 46.0 Å². The predicted molar refractivity (Wildman–Crippen MR) is 55.1 cm³/mol. The molecule has 84 valence electrons. The van der Waals surface area contributed by atoms with E-state index in [4.69, 9.17) is 0 Å². The largest absolute Gasteiger partial charge is 0.383 e. The fourth-order valence-electron chi connectivity index (χ4n) is 1.35. The first-order valence-corrected chi connectivity index (χ1v) is 5.29. The second-order valence-corrected chi connectivity index (χ2v) is 4.08. The average Bonchev–Trinajstić information content (AvgIpc) is 2.67. The summed E-state index contributed by atoms with van der Waals surface area (Å²) in [4.78, 5) is 0.421. The van der Waals surface area contributed by atoms with Crippen molar-refractivity contribution in [3.63, 3.8) is 0 Å². The number of aromatic nitrogens is 2. The number of aliphatic hydroxyl groups is 1. The summed E-state index contributed by atoms with van der Waals surface area (Å²) in [6.07, 6.45) is -1.23. The van der Waals surface area contributed by atoms with Crippen LogP contribution in [-0.4, -0.2) is 14.7 Å². The maximum Gasteiger partial charge on any atom is 0.129 e. The topological polar surface area (TPSA) is 46.0 Å². The van der Waals surface area contributed by atoms with Crippen LogP contribution in [0.3, 0.4) is 0 Å². The average molecular weight is 242 g/mol. The maximum absolute atomic E-state index is 13.4. The van der Waals surface area contributed by atoms with Crippen LogP contribution in [0, 0.1) is 18.6 Å². The number of halogens is 2.